The molecule has 0 radical (unpaired) electrons. The van der Waals surface area contributed by atoms with Crippen molar-refractivity contribution in [3.63, 3.8) is 0 Å². The molecule has 3 heterocycles. The van der Waals surface area contributed by atoms with Gasteiger partial charge in [0, 0.05) is 25.7 Å². The summed E-state index contributed by atoms with van der Waals surface area (Å²) in [4.78, 5) is 33.3. The lowest BCUT2D eigenvalue weighted by molar-refractivity contribution is -0.144. The lowest BCUT2D eigenvalue weighted by atomic mass is 9.78. The maximum absolute atomic E-state index is 11.6. The van der Waals surface area contributed by atoms with Crippen molar-refractivity contribution >= 4 is 23.6 Å². The highest BCUT2D eigenvalue weighted by molar-refractivity contribution is 5.88. The Balaban J connectivity index is 1.75. The van der Waals surface area contributed by atoms with Crippen LogP contribution in [0.4, 0.5) is 11.8 Å². The summed E-state index contributed by atoms with van der Waals surface area (Å²) in [6.07, 6.45) is 2.78. The van der Waals surface area contributed by atoms with Gasteiger partial charge in [-0.05, 0) is 18.9 Å². The molecule has 2 fully saturated rings. The van der Waals surface area contributed by atoms with E-state index in [4.69, 9.17) is 5.73 Å². The number of anilines is 2. The van der Waals surface area contributed by atoms with Crippen molar-refractivity contribution < 1.29 is 14.7 Å². The molecule has 8 heteroatoms. The Labute approximate surface area is 121 Å². The molecule has 4 N–H and O–H groups in total. The zero-order chi connectivity index (χ0) is 15.0. The number of hydrogen-bond donors (Lipinski definition) is 3. The second kappa shape index (κ2) is 4.87. The van der Waals surface area contributed by atoms with E-state index in [-0.39, 0.29) is 12.3 Å². The summed E-state index contributed by atoms with van der Waals surface area (Å²) in [7, 11) is 0. The highest BCUT2D eigenvalue weighted by Crippen LogP contribution is 2.37. The van der Waals surface area contributed by atoms with Gasteiger partial charge in [-0.25, -0.2) is 4.98 Å². The zero-order valence-electron chi connectivity index (χ0n) is 11.5. The van der Waals surface area contributed by atoms with Crippen molar-refractivity contribution in [3.05, 3.63) is 12.3 Å². The van der Waals surface area contributed by atoms with Gasteiger partial charge in [-0.3, -0.25) is 9.59 Å². The Morgan fingerprint density at radius 1 is 1.48 bits per heavy atom. The van der Waals surface area contributed by atoms with Crippen LogP contribution in [0.3, 0.4) is 0 Å². The van der Waals surface area contributed by atoms with E-state index in [2.05, 4.69) is 15.3 Å². The van der Waals surface area contributed by atoms with E-state index < -0.39 is 17.4 Å². The number of amides is 1. The molecule has 0 bridgehead atoms. The first-order valence-corrected chi connectivity index (χ1v) is 6.87. The van der Waals surface area contributed by atoms with Crippen molar-refractivity contribution in [2.45, 2.75) is 24.8 Å². The normalized spacial score (nSPS) is 24.1. The van der Waals surface area contributed by atoms with Gasteiger partial charge < -0.3 is 21.1 Å². The van der Waals surface area contributed by atoms with Gasteiger partial charge in [0.05, 0.1) is 11.5 Å². The van der Waals surface area contributed by atoms with Crippen LogP contribution in [0.15, 0.2) is 12.3 Å². The first kappa shape index (κ1) is 13.6. The largest absolute Gasteiger partial charge is 0.481 e. The fraction of sp³-hybridized carbons (Fsp3) is 0.538. The number of nitrogen functional groups attached to an aromatic ring is 1. The molecule has 0 aliphatic carbocycles. The van der Waals surface area contributed by atoms with E-state index in [0.29, 0.717) is 37.7 Å². The predicted molar refractivity (Wildman–Crippen MR) is 74.5 cm³/mol. The summed E-state index contributed by atoms with van der Waals surface area (Å²) in [5.41, 5.74) is 5.01. The van der Waals surface area contributed by atoms with Crippen LogP contribution in [0, 0.1) is 5.92 Å². The summed E-state index contributed by atoms with van der Waals surface area (Å²) in [6, 6.07) is 1.62. The average Bonchev–Trinajstić information content (AvgIpc) is 2.76. The number of rotatable bonds is 2. The van der Waals surface area contributed by atoms with Crippen LogP contribution in [0.5, 0.6) is 0 Å². The van der Waals surface area contributed by atoms with Crippen molar-refractivity contribution in [3.8, 4) is 0 Å². The van der Waals surface area contributed by atoms with E-state index in [0.717, 1.165) is 0 Å². The lowest BCUT2D eigenvalue weighted by Crippen LogP contribution is -2.56. The third-order valence-corrected chi connectivity index (χ3v) is 4.35. The van der Waals surface area contributed by atoms with Gasteiger partial charge in [-0.2, -0.15) is 4.98 Å². The summed E-state index contributed by atoms with van der Waals surface area (Å²) in [6.45, 7) is 1.18. The van der Waals surface area contributed by atoms with E-state index in [1.807, 2.05) is 4.90 Å². The number of hydrogen-bond acceptors (Lipinski definition) is 6. The molecule has 112 valence electrons. The molecule has 0 saturated carbocycles. The van der Waals surface area contributed by atoms with Gasteiger partial charge >= 0.3 is 5.97 Å². The Hall–Kier alpha value is -2.38. The maximum Gasteiger partial charge on any atom is 0.309 e. The highest BCUT2D eigenvalue weighted by Gasteiger charge is 2.51. The number of nitrogens with one attached hydrogen (secondary N) is 1. The Kier molecular flexibility index (Phi) is 3.15. The number of carbonyl (C=O) groups is 2. The Morgan fingerprint density at radius 2 is 2.19 bits per heavy atom. The monoisotopic (exact) mass is 291 g/mol. The third-order valence-electron chi connectivity index (χ3n) is 4.35. The smallest absolute Gasteiger partial charge is 0.309 e. The van der Waals surface area contributed by atoms with Crippen LogP contribution in [-0.2, 0) is 9.59 Å². The molecule has 1 aromatic heterocycles. The quantitative estimate of drug-likeness (QED) is 0.679. The molecule has 0 unspecified atom stereocenters. The van der Waals surface area contributed by atoms with Gasteiger partial charge in [0.1, 0.15) is 5.82 Å². The maximum atomic E-state index is 11.6. The molecule has 1 aromatic rings. The molecule has 1 spiro atoms. The van der Waals surface area contributed by atoms with Gasteiger partial charge in [-0.15, -0.1) is 0 Å². The number of aromatic nitrogens is 2. The molecule has 2 aliphatic heterocycles. The fourth-order valence-electron chi connectivity index (χ4n) is 3.21. The molecular weight excluding hydrogens is 274 g/mol. The molecule has 0 aromatic carbocycles. The molecule has 2 aliphatic rings. The number of aliphatic carboxylic acids is 1. The van der Waals surface area contributed by atoms with Gasteiger partial charge in [0.15, 0.2) is 0 Å². The topological polar surface area (TPSA) is 121 Å². The van der Waals surface area contributed by atoms with Crippen molar-refractivity contribution in [1.82, 2.24) is 15.3 Å². The summed E-state index contributed by atoms with van der Waals surface area (Å²) in [5, 5.41) is 12.2. The van der Waals surface area contributed by atoms with Gasteiger partial charge in [0.25, 0.3) is 0 Å². The van der Waals surface area contributed by atoms with E-state index in [1.165, 1.54) is 0 Å². The average molecular weight is 291 g/mol. The third kappa shape index (κ3) is 2.37. The highest BCUT2D eigenvalue weighted by atomic mass is 16.4. The summed E-state index contributed by atoms with van der Waals surface area (Å²) in [5.74, 6) is -0.814. The second-order valence-electron chi connectivity index (χ2n) is 5.57. The first-order valence-electron chi connectivity index (χ1n) is 6.87. The van der Waals surface area contributed by atoms with Crippen LogP contribution in [0.2, 0.25) is 0 Å². The SMILES string of the molecule is Nc1ccnc(N2CCC3(CC2)NC(=O)C[C@H]3C(=O)O)n1. The van der Waals surface area contributed by atoms with E-state index in [9.17, 15) is 14.7 Å². The van der Waals surface area contributed by atoms with Crippen LogP contribution in [-0.4, -0.2) is 45.6 Å². The summed E-state index contributed by atoms with van der Waals surface area (Å²) >= 11 is 0. The summed E-state index contributed by atoms with van der Waals surface area (Å²) < 4.78 is 0. The van der Waals surface area contributed by atoms with Crippen LogP contribution >= 0.6 is 0 Å². The number of carboxylic acid groups (broad SMARTS) is 1. The first-order chi connectivity index (χ1) is 10.00. The second-order valence-corrected chi connectivity index (χ2v) is 5.57. The van der Waals surface area contributed by atoms with Crippen LogP contribution < -0.4 is 16.0 Å². The van der Waals surface area contributed by atoms with Crippen molar-refractivity contribution in [2.24, 2.45) is 5.92 Å². The predicted octanol–water partition coefficient (Wildman–Crippen LogP) is -0.381. The molecular formula is C13H17N5O3. The number of carboxylic acids is 1. The molecule has 3 rings (SSSR count). The lowest BCUT2D eigenvalue weighted by Gasteiger charge is -2.41. The van der Waals surface area contributed by atoms with E-state index in [1.54, 1.807) is 12.3 Å². The molecule has 21 heavy (non-hydrogen) atoms. The van der Waals surface area contributed by atoms with Crippen molar-refractivity contribution in [2.75, 3.05) is 23.7 Å². The van der Waals surface area contributed by atoms with E-state index >= 15 is 0 Å². The minimum Gasteiger partial charge on any atom is -0.481 e. The molecule has 1 amide bonds. The zero-order valence-corrected chi connectivity index (χ0v) is 11.5. The molecule has 1 atom stereocenters. The van der Waals surface area contributed by atoms with Crippen LogP contribution in [0.25, 0.3) is 0 Å². The minimum absolute atomic E-state index is 0.0596. The fourth-order valence-corrected chi connectivity index (χ4v) is 3.21. The Bertz CT molecular complexity index is 583. The van der Waals surface area contributed by atoms with Gasteiger partial charge in [-0.1, -0.05) is 0 Å². The molecule has 2 saturated heterocycles. The minimum atomic E-state index is -0.915. The number of nitrogens with two attached hydrogens (primary N) is 1. The van der Waals surface area contributed by atoms with Crippen molar-refractivity contribution in [1.29, 1.82) is 0 Å². The number of piperidine rings is 1. The Morgan fingerprint density at radius 3 is 2.81 bits per heavy atom. The number of nitrogens with zero attached hydrogens (tertiary/aromatic N) is 3. The number of carbonyl (C=O) groups excluding carboxylic acids is 1. The molecule has 8 nitrogen and oxygen atoms in total. The standard InChI is InChI=1S/C13H17N5O3/c14-9-1-4-15-12(16-9)18-5-2-13(3-6-18)8(11(20)21)7-10(19)17-13/h1,4,8H,2-3,5-7H2,(H,17,19)(H,20,21)(H2,14,15,16)/t8-/m0/s1. The van der Waals surface area contributed by atoms with Crippen LogP contribution in [0.1, 0.15) is 19.3 Å². The van der Waals surface area contributed by atoms with Gasteiger partial charge in [0.2, 0.25) is 11.9 Å².